The van der Waals surface area contributed by atoms with Crippen molar-refractivity contribution in [3.8, 4) is 5.75 Å². The topological polar surface area (TPSA) is 74.8 Å². The van der Waals surface area contributed by atoms with Crippen molar-refractivity contribution in [2.45, 2.75) is 19.5 Å². The summed E-state index contributed by atoms with van der Waals surface area (Å²) in [5, 5.41) is 4.59. The molecule has 2 aromatic heterocycles. The second kappa shape index (κ2) is 5.35. The number of fused-ring (bicyclic) bond motifs is 1. The molecule has 0 spiro atoms. The van der Waals surface area contributed by atoms with E-state index in [2.05, 4.69) is 15.1 Å². The zero-order valence-corrected chi connectivity index (χ0v) is 11.8. The number of hydrogen-bond acceptors (Lipinski definition) is 5. The number of rotatable bonds is 4. The van der Waals surface area contributed by atoms with E-state index in [1.165, 1.54) is 6.33 Å². The average Bonchev–Trinajstić information content (AvgIpc) is 3.00. The lowest BCUT2D eigenvalue weighted by molar-refractivity contribution is 0.414. The highest BCUT2D eigenvalue weighted by Gasteiger charge is 2.11. The molecule has 0 amide bonds. The molecule has 2 heterocycles. The zero-order chi connectivity index (χ0) is 14.8. The lowest BCUT2D eigenvalue weighted by atomic mass is 10.2. The van der Waals surface area contributed by atoms with E-state index in [1.54, 1.807) is 47.2 Å². The summed E-state index contributed by atoms with van der Waals surface area (Å²) >= 11 is 0. The fraction of sp³-hybridized carbons (Fsp3) is 0.286. The number of methoxy groups -OCH3 is 1. The van der Waals surface area contributed by atoms with Gasteiger partial charge < -0.3 is 4.74 Å². The van der Waals surface area contributed by atoms with E-state index in [0.29, 0.717) is 23.2 Å². The second-order valence-corrected chi connectivity index (χ2v) is 4.81. The Morgan fingerprint density at radius 2 is 2.19 bits per heavy atom. The highest BCUT2D eigenvalue weighted by Crippen LogP contribution is 2.16. The highest BCUT2D eigenvalue weighted by molar-refractivity contribution is 5.78. The van der Waals surface area contributed by atoms with Crippen molar-refractivity contribution in [2.24, 2.45) is 0 Å². The maximum Gasteiger partial charge on any atom is 0.261 e. The third-order valence-corrected chi connectivity index (χ3v) is 3.38. The van der Waals surface area contributed by atoms with Crippen LogP contribution in [0.5, 0.6) is 5.75 Å². The molecule has 0 fully saturated rings. The van der Waals surface area contributed by atoms with Crippen LogP contribution in [0.2, 0.25) is 0 Å². The molecule has 1 unspecified atom stereocenters. The molecule has 7 nitrogen and oxygen atoms in total. The van der Waals surface area contributed by atoms with Crippen LogP contribution in [0.3, 0.4) is 0 Å². The van der Waals surface area contributed by atoms with Crippen LogP contribution in [-0.2, 0) is 6.54 Å². The van der Waals surface area contributed by atoms with Gasteiger partial charge in [-0.15, -0.1) is 0 Å². The van der Waals surface area contributed by atoms with Crippen LogP contribution >= 0.6 is 0 Å². The molecule has 0 N–H and O–H groups in total. The molecule has 0 aliphatic heterocycles. The molecule has 3 rings (SSSR count). The monoisotopic (exact) mass is 285 g/mol. The van der Waals surface area contributed by atoms with Gasteiger partial charge in [-0.05, 0) is 25.1 Å². The summed E-state index contributed by atoms with van der Waals surface area (Å²) in [4.78, 5) is 20.8. The number of hydrogen-bond donors (Lipinski definition) is 0. The first-order chi connectivity index (χ1) is 10.2. The maximum atomic E-state index is 12.6. The van der Waals surface area contributed by atoms with Crippen LogP contribution in [0.4, 0.5) is 0 Å². The third-order valence-electron chi connectivity index (χ3n) is 3.38. The molecule has 0 saturated carbocycles. The largest absolute Gasteiger partial charge is 0.497 e. The van der Waals surface area contributed by atoms with Gasteiger partial charge in [0.25, 0.3) is 5.56 Å². The van der Waals surface area contributed by atoms with E-state index >= 15 is 0 Å². The highest BCUT2D eigenvalue weighted by atomic mass is 16.5. The van der Waals surface area contributed by atoms with Crippen LogP contribution in [0.15, 0.2) is 42.0 Å². The van der Waals surface area contributed by atoms with Crippen molar-refractivity contribution >= 4 is 10.9 Å². The van der Waals surface area contributed by atoms with Gasteiger partial charge in [0.2, 0.25) is 0 Å². The van der Waals surface area contributed by atoms with Gasteiger partial charge in [0.05, 0.1) is 36.9 Å². The molecule has 7 heteroatoms. The molecule has 3 aromatic rings. The zero-order valence-electron chi connectivity index (χ0n) is 11.8. The predicted octanol–water partition coefficient (Wildman–Crippen LogP) is 1.26. The van der Waals surface area contributed by atoms with Gasteiger partial charge in [0, 0.05) is 0 Å². The van der Waals surface area contributed by atoms with Gasteiger partial charge in [0.1, 0.15) is 18.4 Å². The van der Waals surface area contributed by atoms with Crippen LogP contribution in [0.25, 0.3) is 10.9 Å². The van der Waals surface area contributed by atoms with Crippen molar-refractivity contribution in [3.63, 3.8) is 0 Å². The summed E-state index contributed by atoms with van der Waals surface area (Å²) in [5.41, 5.74) is 0.566. The molecule has 0 aliphatic rings. The Labute approximate surface area is 120 Å². The summed E-state index contributed by atoms with van der Waals surface area (Å²) in [5.74, 6) is 0.642. The minimum absolute atomic E-state index is 0.0812. The molecule has 0 saturated heterocycles. The lowest BCUT2D eigenvalue weighted by Crippen LogP contribution is -2.26. The molecule has 1 aromatic carbocycles. The summed E-state index contributed by atoms with van der Waals surface area (Å²) in [6.07, 6.45) is 4.66. The smallest absolute Gasteiger partial charge is 0.261 e. The maximum absolute atomic E-state index is 12.6. The van der Waals surface area contributed by atoms with E-state index in [4.69, 9.17) is 4.74 Å². The first kappa shape index (κ1) is 13.3. The number of ether oxygens (including phenoxy) is 1. The standard InChI is InChI=1S/C14H15N5O2/c1-10(6-18-8-15-7-17-18)19-9-16-13-4-3-11(21-2)5-12(13)14(19)20/h3-5,7-10H,6H2,1-2H3. The second-order valence-electron chi connectivity index (χ2n) is 4.81. The summed E-state index contributed by atoms with van der Waals surface area (Å²) in [6, 6.07) is 5.20. The fourth-order valence-electron chi connectivity index (χ4n) is 2.24. The van der Waals surface area contributed by atoms with Crippen LogP contribution in [0, 0.1) is 0 Å². The summed E-state index contributed by atoms with van der Waals surface area (Å²) in [6.45, 7) is 2.49. The Morgan fingerprint density at radius 3 is 2.90 bits per heavy atom. The summed E-state index contributed by atoms with van der Waals surface area (Å²) < 4.78 is 8.45. The molecule has 0 bridgehead atoms. The van der Waals surface area contributed by atoms with Gasteiger partial charge in [-0.3, -0.25) is 14.0 Å². The van der Waals surface area contributed by atoms with Crippen molar-refractivity contribution in [2.75, 3.05) is 7.11 Å². The van der Waals surface area contributed by atoms with E-state index in [-0.39, 0.29) is 11.6 Å². The first-order valence-corrected chi connectivity index (χ1v) is 6.56. The number of aromatic nitrogens is 5. The lowest BCUT2D eigenvalue weighted by Gasteiger charge is -2.15. The van der Waals surface area contributed by atoms with E-state index in [0.717, 1.165) is 0 Å². The normalized spacial score (nSPS) is 12.5. The van der Waals surface area contributed by atoms with Crippen LogP contribution in [-0.4, -0.2) is 31.4 Å². The first-order valence-electron chi connectivity index (χ1n) is 6.56. The van der Waals surface area contributed by atoms with E-state index in [9.17, 15) is 4.79 Å². The average molecular weight is 285 g/mol. The van der Waals surface area contributed by atoms with Gasteiger partial charge in [0.15, 0.2) is 0 Å². The van der Waals surface area contributed by atoms with Crippen molar-refractivity contribution < 1.29 is 4.74 Å². The van der Waals surface area contributed by atoms with Crippen LogP contribution in [0.1, 0.15) is 13.0 Å². The molecule has 0 radical (unpaired) electrons. The predicted molar refractivity (Wildman–Crippen MR) is 77.3 cm³/mol. The van der Waals surface area contributed by atoms with Crippen molar-refractivity contribution in [3.05, 3.63) is 47.5 Å². The van der Waals surface area contributed by atoms with Gasteiger partial charge in [-0.25, -0.2) is 9.97 Å². The Balaban J connectivity index is 2.02. The van der Waals surface area contributed by atoms with Crippen LogP contribution < -0.4 is 10.3 Å². The number of nitrogens with zero attached hydrogens (tertiary/aromatic N) is 5. The molecule has 1 atom stereocenters. The van der Waals surface area contributed by atoms with Gasteiger partial charge in [-0.1, -0.05) is 0 Å². The Morgan fingerprint density at radius 1 is 1.33 bits per heavy atom. The van der Waals surface area contributed by atoms with E-state index in [1.807, 2.05) is 6.92 Å². The number of benzene rings is 1. The quantitative estimate of drug-likeness (QED) is 0.721. The third kappa shape index (κ3) is 2.49. The summed E-state index contributed by atoms with van der Waals surface area (Å²) in [7, 11) is 1.57. The van der Waals surface area contributed by atoms with Crippen molar-refractivity contribution in [1.29, 1.82) is 0 Å². The Kier molecular flexibility index (Phi) is 3.39. The minimum Gasteiger partial charge on any atom is -0.497 e. The Hall–Kier alpha value is -2.70. The molecule has 21 heavy (non-hydrogen) atoms. The van der Waals surface area contributed by atoms with E-state index < -0.39 is 0 Å². The Bertz CT molecular complexity index is 810. The molecular formula is C14H15N5O2. The van der Waals surface area contributed by atoms with Gasteiger partial charge >= 0.3 is 0 Å². The molecular weight excluding hydrogens is 270 g/mol. The molecule has 0 aliphatic carbocycles. The molecule has 108 valence electrons. The SMILES string of the molecule is COc1ccc2ncn(C(C)Cn3cncn3)c(=O)c2c1. The minimum atomic E-state index is -0.0912. The fourth-order valence-corrected chi connectivity index (χ4v) is 2.24. The van der Waals surface area contributed by atoms with Gasteiger partial charge in [-0.2, -0.15) is 5.10 Å². The van der Waals surface area contributed by atoms with Crippen molar-refractivity contribution in [1.82, 2.24) is 24.3 Å².